The molecule has 1 atom stereocenters. The van der Waals surface area contributed by atoms with E-state index < -0.39 is 0 Å². The first kappa shape index (κ1) is 17.1. The zero-order chi connectivity index (χ0) is 16.7. The Bertz CT molecular complexity index is 637. The van der Waals surface area contributed by atoms with Gasteiger partial charge in [0.05, 0.1) is 5.69 Å². The van der Waals surface area contributed by atoms with Crippen LogP contribution < -0.4 is 5.32 Å². The molecule has 0 saturated heterocycles. The van der Waals surface area contributed by atoms with Crippen molar-refractivity contribution in [3.05, 3.63) is 35.7 Å². The topological polar surface area (TPSA) is 72.7 Å². The quantitative estimate of drug-likeness (QED) is 0.813. The highest BCUT2D eigenvalue weighted by Crippen LogP contribution is 2.13. The molecule has 2 aromatic rings. The Morgan fingerprint density at radius 2 is 2.17 bits per heavy atom. The summed E-state index contributed by atoms with van der Waals surface area (Å²) in [5, 5.41) is 14.5. The number of aryl methyl sites for hydroxylation is 1. The van der Waals surface area contributed by atoms with Gasteiger partial charge in [-0.15, -0.1) is 5.10 Å². The number of tetrazole rings is 1. The van der Waals surface area contributed by atoms with Crippen LogP contribution in [0.4, 0.5) is 0 Å². The summed E-state index contributed by atoms with van der Waals surface area (Å²) in [5.74, 6) is 1.18. The molecular weight excluding hydrogens is 290 g/mol. The molecule has 1 aromatic heterocycles. The van der Waals surface area contributed by atoms with E-state index in [9.17, 15) is 4.79 Å². The number of carbonyl (C=O) groups excluding carboxylic acids is 1. The molecule has 0 fully saturated rings. The van der Waals surface area contributed by atoms with Crippen molar-refractivity contribution in [3.63, 3.8) is 0 Å². The van der Waals surface area contributed by atoms with Gasteiger partial charge in [-0.2, -0.15) is 4.68 Å². The Kier molecular flexibility index (Phi) is 6.26. The molecule has 0 aliphatic rings. The number of benzene rings is 1. The van der Waals surface area contributed by atoms with E-state index >= 15 is 0 Å². The first-order valence-corrected chi connectivity index (χ1v) is 8.29. The molecule has 6 heteroatoms. The molecule has 1 amide bonds. The second-order valence-corrected chi connectivity index (χ2v) is 5.81. The maximum absolute atomic E-state index is 12.4. The number of hydrogen-bond acceptors (Lipinski definition) is 4. The van der Waals surface area contributed by atoms with E-state index in [1.807, 2.05) is 31.2 Å². The van der Waals surface area contributed by atoms with Crippen molar-refractivity contribution < 1.29 is 4.79 Å². The maximum Gasteiger partial charge on any atom is 0.251 e. The predicted molar refractivity (Wildman–Crippen MR) is 89.5 cm³/mol. The highest BCUT2D eigenvalue weighted by atomic mass is 16.1. The Morgan fingerprint density at radius 1 is 1.35 bits per heavy atom. The molecule has 6 nitrogen and oxygen atoms in total. The third-order valence-corrected chi connectivity index (χ3v) is 4.07. The van der Waals surface area contributed by atoms with E-state index in [0.717, 1.165) is 25.1 Å². The van der Waals surface area contributed by atoms with Crippen LogP contribution in [0, 0.1) is 12.8 Å². The van der Waals surface area contributed by atoms with Crippen LogP contribution >= 0.6 is 0 Å². The second-order valence-electron chi connectivity index (χ2n) is 5.81. The number of hydrogen-bond donors (Lipinski definition) is 1. The van der Waals surface area contributed by atoms with Gasteiger partial charge in [0.2, 0.25) is 0 Å². The zero-order valence-electron chi connectivity index (χ0n) is 14.1. The lowest BCUT2D eigenvalue weighted by Gasteiger charge is -2.15. The summed E-state index contributed by atoms with van der Waals surface area (Å²) in [7, 11) is 0. The van der Waals surface area contributed by atoms with Gasteiger partial charge >= 0.3 is 0 Å². The van der Waals surface area contributed by atoms with E-state index in [1.165, 1.54) is 12.8 Å². The summed E-state index contributed by atoms with van der Waals surface area (Å²) in [6.07, 6.45) is 4.65. The fourth-order valence-corrected chi connectivity index (χ4v) is 2.53. The number of amides is 1. The van der Waals surface area contributed by atoms with E-state index in [2.05, 4.69) is 34.7 Å². The van der Waals surface area contributed by atoms with Gasteiger partial charge in [0, 0.05) is 12.1 Å². The monoisotopic (exact) mass is 315 g/mol. The highest BCUT2D eigenvalue weighted by molar-refractivity contribution is 5.94. The van der Waals surface area contributed by atoms with E-state index in [4.69, 9.17) is 0 Å². The van der Waals surface area contributed by atoms with Crippen LogP contribution in [0.3, 0.4) is 0 Å². The molecule has 0 radical (unpaired) electrons. The van der Waals surface area contributed by atoms with E-state index in [1.54, 1.807) is 4.68 Å². The Balaban J connectivity index is 2.01. The lowest BCUT2D eigenvalue weighted by molar-refractivity contribution is 0.0946. The molecule has 0 spiro atoms. The summed E-state index contributed by atoms with van der Waals surface area (Å²) in [5.41, 5.74) is 1.42. The number of unbranched alkanes of at least 4 members (excludes halogenated alkanes) is 1. The van der Waals surface area contributed by atoms with Crippen LogP contribution in [0.15, 0.2) is 24.3 Å². The van der Waals surface area contributed by atoms with Gasteiger partial charge < -0.3 is 5.32 Å². The fraction of sp³-hybridized carbons (Fsp3) is 0.529. The average molecular weight is 315 g/mol. The van der Waals surface area contributed by atoms with Crippen molar-refractivity contribution in [3.8, 4) is 5.69 Å². The van der Waals surface area contributed by atoms with Gasteiger partial charge in [-0.05, 0) is 47.9 Å². The molecule has 1 N–H and O–H groups in total. The van der Waals surface area contributed by atoms with Crippen LogP contribution in [-0.2, 0) is 0 Å². The van der Waals surface area contributed by atoms with Gasteiger partial charge in [0.1, 0.15) is 0 Å². The summed E-state index contributed by atoms with van der Waals surface area (Å²) < 4.78 is 1.62. The minimum atomic E-state index is -0.0486. The van der Waals surface area contributed by atoms with E-state index in [0.29, 0.717) is 17.3 Å². The summed E-state index contributed by atoms with van der Waals surface area (Å²) >= 11 is 0. The average Bonchev–Trinajstić information content (AvgIpc) is 3.01. The Morgan fingerprint density at radius 3 is 2.83 bits per heavy atom. The summed E-state index contributed by atoms with van der Waals surface area (Å²) in [6.45, 7) is 6.92. The molecule has 1 aromatic carbocycles. The second kappa shape index (κ2) is 8.41. The van der Waals surface area contributed by atoms with Gasteiger partial charge in [-0.25, -0.2) is 0 Å². The van der Waals surface area contributed by atoms with Crippen molar-refractivity contribution in [2.24, 2.45) is 5.92 Å². The van der Waals surface area contributed by atoms with Gasteiger partial charge in [0.25, 0.3) is 5.91 Å². The molecule has 0 aliphatic carbocycles. The minimum absolute atomic E-state index is 0.0486. The number of rotatable bonds is 8. The lowest BCUT2D eigenvalue weighted by Crippen LogP contribution is -2.29. The largest absolute Gasteiger partial charge is 0.352 e. The Hall–Kier alpha value is -2.24. The number of carbonyl (C=O) groups is 1. The molecule has 0 unspecified atom stereocenters. The van der Waals surface area contributed by atoms with Crippen LogP contribution in [-0.4, -0.2) is 32.7 Å². The summed E-state index contributed by atoms with van der Waals surface area (Å²) in [6, 6.07) is 7.35. The van der Waals surface area contributed by atoms with Crippen molar-refractivity contribution in [1.82, 2.24) is 25.5 Å². The Labute approximate surface area is 137 Å². The predicted octanol–water partition coefficient (Wildman–Crippen LogP) is 2.92. The molecule has 124 valence electrons. The van der Waals surface area contributed by atoms with Crippen molar-refractivity contribution in [2.75, 3.05) is 6.54 Å². The molecule has 2 rings (SSSR count). The van der Waals surface area contributed by atoms with Crippen molar-refractivity contribution >= 4 is 5.91 Å². The fourth-order valence-electron chi connectivity index (χ4n) is 2.53. The summed E-state index contributed by atoms with van der Waals surface area (Å²) in [4.78, 5) is 12.4. The first-order chi connectivity index (χ1) is 11.2. The number of aromatic nitrogens is 4. The van der Waals surface area contributed by atoms with Crippen LogP contribution in [0.25, 0.3) is 5.69 Å². The van der Waals surface area contributed by atoms with Crippen LogP contribution in [0.2, 0.25) is 0 Å². The van der Waals surface area contributed by atoms with Gasteiger partial charge in [-0.1, -0.05) is 39.2 Å². The molecule has 0 saturated carbocycles. The lowest BCUT2D eigenvalue weighted by atomic mass is 9.99. The first-order valence-electron chi connectivity index (χ1n) is 8.29. The van der Waals surface area contributed by atoms with Gasteiger partial charge in [0.15, 0.2) is 5.82 Å². The normalized spacial score (nSPS) is 12.1. The van der Waals surface area contributed by atoms with Gasteiger partial charge in [-0.3, -0.25) is 4.79 Å². The van der Waals surface area contributed by atoms with E-state index in [-0.39, 0.29) is 5.91 Å². The third kappa shape index (κ3) is 4.61. The standard InChI is InChI=1S/C17H25N5O/c1-4-6-8-14(5-2)12-18-17(23)15-9-7-10-16(11-15)22-13(3)19-20-21-22/h7,9-11,14H,4-6,8,12H2,1-3H3,(H,18,23)/t14-/m0/s1. The molecule has 23 heavy (non-hydrogen) atoms. The maximum atomic E-state index is 12.4. The molecule has 1 heterocycles. The molecule has 0 aliphatic heterocycles. The van der Waals surface area contributed by atoms with Crippen LogP contribution in [0.5, 0.6) is 0 Å². The SMILES string of the molecule is CCCC[C@H](CC)CNC(=O)c1cccc(-n2nnnc2C)c1. The molecule has 0 bridgehead atoms. The minimum Gasteiger partial charge on any atom is -0.352 e. The number of nitrogens with one attached hydrogen (secondary N) is 1. The van der Waals surface area contributed by atoms with Crippen molar-refractivity contribution in [1.29, 1.82) is 0 Å². The number of nitrogens with zero attached hydrogens (tertiary/aromatic N) is 4. The van der Waals surface area contributed by atoms with Crippen LogP contribution in [0.1, 0.15) is 55.7 Å². The van der Waals surface area contributed by atoms with Crippen molar-refractivity contribution in [2.45, 2.75) is 46.5 Å². The highest BCUT2D eigenvalue weighted by Gasteiger charge is 2.11. The zero-order valence-corrected chi connectivity index (χ0v) is 14.1. The molecular formula is C17H25N5O. The third-order valence-electron chi connectivity index (χ3n) is 4.07. The smallest absolute Gasteiger partial charge is 0.251 e.